The van der Waals surface area contributed by atoms with Crippen LogP contribution in [0.4, 0.5) is 4.79 Å². The lowest BCUT2D eigenvalue weighted by Crippen LogP contribution is -2.42. The Morgan fingerprint density at radius 3 is 2.57 bits per heavy atom. The second-order valence-electron chi connectivity index (χ2n) is 7.16. The standard InChI is InChI=1S/C23H19Cl2N5O4S/c24-20-21(25)30(14-26-20)10-19-27-18(13-35-19)22(31)28-29-23(32)34-12-16-7-4-8-17(9-16)33-11-15-5-2-1-3-6-15/h1-9,13-14H,10-12H2,(H,28,31)(H,29,32). The van der Waals surface area contributed by atoms with Gasteiger partial charge in [-0.15, -0.1) is 11.3 Å². The molecule has 2 N–H and O–H groups in total. The van der Waals surface area contributed by atoms with Gasteiger partial charge >= 0.3 is 6.09 Å². The van der Waals surface area contributed by atoms with Gasteiger partial charge in [0.1, 0.15) is 34.8 Å². The second-order valence-corrected chi connectivity index (χ2v) is 8.82. The number of aromatic nitrogens is 3. The van der Waals surface area contributed by atoms with Crippen LogP contribution in [0.1, 0.15) is 26.6 Å². The highest BCUT2D eigenvalue weighted by Crippen LogP contribution is 2.22. The fraction of sp³-hybridized carbons (Fsp3) is 0.130. The first-order valence-electron chi connectivity index (χ1n) is 10.3. The molecule has 0 saturated carbocycles. The molecule has 0 aliphatic heterocycles. The Balaban J connectivity index is 1.21. The molecule has 0 saturated heterocycles. The van der Waals surface area contributed by atoms with Crippen LogP contribution < -0.4 is 15.6 Å². The third-order valence-corrected chi connectivity index (χ3v) is 6.22. The number of nitrogens with zero attached hydrogens (tertiary/aromatic N) is 3. The van der Waals surface area contributed by atoms with Gasteiger partial charge in [-0.3, -0.25) is 10.2 Å². The SMILES string of the molecule is O=C(NNC(=O)c1csc(Cn2cnc(Cl)c2Cl)n1)OCc1cccc(OCc2ccccc2)c1. The zero-order chi connectivity index (χ0) is 24.6. The highest BCUT2D eigenvalue weighted by molar-refractivity contribution is 7.09. The molecule has 0 aliphatic rings. The molecule has 0 atom stereocenters. The van der Waals surface area contributed by atoms with E-state index in [4.69, 9.17) is 32.7 Å². The van der Waals surface area contributed by atoms with E-state index in [1.165, 1.54) is 17.7 Å². The average Bonchev–Trinajstić information content (AvgIpc) is 3.48. The molecule has 2 aromatic heterocycles. The molecule has 12 heteroatoms. The minimum atomic E-state index is -0.816. The van der Waals surface area contributed by atoms with Gasteiger partial charge in [-0.1, -0.05) is 65.7 Å². The lowest BCUT2D eigenvalue weighted by molar-refractivity contribution is 0.0900. The molecule has 180 valence electrons. The monoisotopic (exact) mass is 531 g/mol. The quantitative estimate of drug-likeness (QED) is 0.315. The van der Waals surface area contributed by atoms with Gasteiger partial charge in [0, 0.05) is 5.38 Å². The summed E-state index contributed by atoms with van der Waals surface area (Å²) in [7, 11) is 0. The molecule has 0 bridgehead atoms. The van der Waals surface area contributed by atoms with Crippen molar-refractivity contribution in [2.45, 2.75) is 19.8 Å². The summed E-state index contributed by atoms with van der Waals surface area (Å²) in [6.45, 7) is 0.735. The number of hydrogen-bond acceptors (Lipinski definition) is 7. The summed E-state index contributed by atoms with van der Waals surface area (Å²) in [5.74, 6) is 0.0674. The van der Waals surface area contributed by atoms with Gasteiger partial charge in [0.05, 0.1) is 12.9 Å². The Morgan fingerprint density at radius 2 is 1.80 bits per heavy atom. The van der Waals surface area contributed by atoms with Crippen LogP contribution in [0.25, 0.3) is 0 Å². The summed E-state index contributed by atoms with van der Waals surface area (Å²) in [5.41, 5.74) is 6.39. The molecule has 0 unspecified atom stereocenters. The molecule has 2 heterocycles. The van der Waals surface area contributed by atoms with E-state index in [0.29, 0.717) is 23.9 Å². The third-order valence-electron chi connectivity index (χ3n) is 4.62. The Hall–Kier alpha value is -3.60. The molecule has 0 aliphatic carbocycles. The van der Waals surface area contributed by atoms with Gasteiger partial charge in [-0.25, -0.2) is 20.2 Å². The first-order chi connectivity index (χ1) is 17.0. The van der Waals surface area contributed by atoms with E-state index in [0.717, 1.165) is 11.1 Å². The van der Waals surface area contributed by atoms with Crippen LogP contribution in [0.2, 0.25) is 10.3 Å². The predicted octanol–water partition coefficient (Wildman–Crippen LogP) is 4.84. The number of nitrogens with one attached hydrogen (secondary N) is 2. The highest BCUT2D eigenvalue weighted by atomic mass is 35.5. The molecule has 2 aromatic carbocycles. The first-order valence-corrected chi connectivity index (χ1v) is 11.9. The van der Waals surface area contributed by atoms with E-state index >= 15 is 0 Å². The van der Waals surface area contributed by atoms with Crippen LogP contribution in [0.5, 0.6) is 5.75 Å². The van der Waals surface area contributed by atoms with Crippen LogP contribution in [0.15, 0.2) is 66.3 Å². The summed E-state index contributed by atoms with van der Waals surface area (Å²) < 4.78 is 12.5. The van der Waals surface area contributed by atoms with Gasteiger partial charge in [-0.2, -0.15) is 0 Å². The summed E-state index contributed by atoms with van der Waals surface area (Å²) in [6.07, 6.45) is 0.665. The minimum Gasteiger partial charge on any atom is -0.489 e. The predicted molar refractivity (Wildman–Crippen MR) is 131 cm³/mol. The molecular weight excluding hydrogens is 513 g/mol. The number of thiazole rings is 1. The van der Waals surface area contributed by atoms with Crippen molar-refractivity contribution in [3.05, 3.63) is 98.4 Å². The van der Waals surface area contributed by atoms with Crippen molar-refractivity contribution in [1.29, 1.82) is 0 Å². The molecule has 0 spiro atoms. The molecule has 4 rings (SSSR count). The normalized spacial score (nSPS) is 10.6. The number of halogens is 2. The largest absolute Gasteiger partial charge is 0.489 e. The summed E-state index contributed by atoms with van der Waals surface area (Å²) in [6, 6.07) is 17.0. The van der Waals surface area contributed by atoms with Crippen molar-refractivity contribution in [2.75, 3.05) is 0 Å². The van der Waals surface area contributed by atoms with Crippen LogP contribution >= 0.6 is 34.5 Å². The maximum atomic E-state index is 12.3. The summed E-state index contributed by atoms with van der Waals surface area (Å²) in [4.78, 5) is 32.4. The molecular formula is C23H19Cl2N5O4S. The van der Waals surface area contributed by atoms with Crippen LogP contribution in [-0.4, -0.2) is 26.5 Å². The lowest BCUT2D eigenvalue weighted by atomic mass is 10.2. The Bertz CT molecular complexity index is 1310. The molecule has 4 aromatic rings. The van der Waals surface area contributed by atoms with E-state index in [1.54, 1.807) is 22.1 Å². The molecule has 9 nitrogen and oxygen atoms in total. The smallest absolute Gasteiger partial charge is 0.426 e. The number of carbonyl (C=O) groups is 2. The van der Waals surface area contributed by atoms with Gasteiger partial charge in [-0.05, 0) is 23.3 Å². The van der Waals surface area contributed by atoms with Crippen LogP contribution in [-0.2, 0) is 24.5 Å². The number of hydrazine groups is 1. The number of rotatable bonds is 8. The Morgan fingerprint density at radius 1 is 1.00 bits per heavy atom. The van der Waals surface area contributed by atoms with Crippen molar-refractivity contribution >= 4 is 46.5 Å². The van der Waals surface area contributed by atoms with E-state index in [9.17, 15) is 9.59 Å². The Kier molecular flexibility index (Phi) is 8.19. The van der Waals surface area contributed by atoms with Crippen LogP contribution in [0, 0.1) is 0 Å². The van der Waals surface area contributed by atoms with Crippen molar-refractivity contribution in [3.63, 3.8) is 0 Å². The molecule has 0 radical (unpaired) electrons. The summed E-state index contributed by atoms with van der Waals surface area (Å²) >= 11 is 13.1. The van der Waals surface area contributed by atoms with Crippen molar-refractivity contribution in [3.8, 4) is 5.75 Å². The Labute approximate surface area is 214 Å². The van der Waals surface area contributed by atoms with Gasteiger partial charge in [0.2, 0.25) is 0 Å². The van der Waals surface area contributed by atoms with Crippen molar-refractivity contribution in [2.24, 2.45) is 0 Å². The van der Waals surface area contributed by atoms with E-state index in [-0.39, 0.29) is 22.6 Å². The number of hydrogen-bond donors (Lipinski definition) is 2. The average molecular weight is 532 g/mol. The lowest BCUT2D eigenvalue weighted by Gasteiger charge is -2.10. The van der Waals surface area contributed by atoms with Gasteiger partial charge in [0.25, 0.3) is 5.91 Å². The fourth-order valence-corrected chi connectivity index (χ4v) is 3.99. The fourth-order valence-electron chi connectivity index (χ4n) is 2.91. The summed E-state index contributed by atoms with van der Waals surface area (Å²) in [5, 5.41) is 2.65. The number of benzene rings is 2. The number of carbonyl (C=O) groups excluding carboxylic acids is 2. The van der Waals surface area contributed by atoms with Gasteiger partial charge in [0.15, 0.2) is 5.15 Å². The first kappa shape index (κ1) is 24.5. The van der Waals surface area contributed by atoms with E-state index < -0.39 is 12.0 Å². The topological polar surface area (TPSA) is 107 Å². The molecule has 35 heavy (non-hydrogen) atoms. The number of ether oxygens (including phenoxy) is 2. The minimum absolute atomic E-state index is 0.000680. The van der Waals surface area contributed by atoms with E-state index in [2.05, 4.69) is 20.8 Å². The maximum Gasteiger partial charge on any atom is 0.426 e. The molecule has 0 fully saturated rings. The zero-order valence-corrected chi connectivity index (χ0v) is 20.4. The maximum absolute atomic E-state index is 12.3. The van der Waals surface area contributed by atoms with E-state index in [1.807, 2.05) is 42.5 Å². The number of amides is 2. The van der Waals surface area contributed by atoms with Crippen LogP contribution in [0.3, 0.4) is 0 Å². The number of imidazole rings is 1. The third kappa shape index (κ3) is 6.95. The van der Waals surface area contributed by atoms with Gasteiger partial charge < -0.3 is 14.0 Å². The van der Waals surface area contributed by atoms with Crippen molar-refractivity contribution < 1.29 is 19.1 Å². The highest BCUT2D eigenvalue weighted by Gasteiger charge is 2.14. The molecule has 2 amide bonds. The zero-order valence-electron chi connectivity index (χ0n) is 18.1. The van der Waals surface area contributed by atoms with Crippen molar-refractivity contribution in [1.82, 2.24) is 25.4 Å². The second kappa shape index (κ2) is 11.7.